The summed E-state index contributed by atoms with van der Waals surface area (Å²) in [6, 6.07) is 2.43. The maximum atomic E-state index is 12.0. The second-order valence-electron chi connectivity index (χ2n) is 7.63. The van der Waals surface area contributed by atoms with Crippen LogP contribution in [0.25, 0.3) is 5.78 Å². The number of carbonyl (C=O) groups excluding carboxylic acids is 1. The Balaban J connectivity index is 1.51. The van der Waals surface area contributed by atoms with E-state index in [1.807, 2.05) is 43.6 Å². The van der Waals surface area contributed by atoms with Crippen LogP contribution in [0.15, 0.2) is 24.7 Å². The first kappa shape index (κ1) is 17.7. The molecule has 25 heavy (non-hydrogen) atoms. The Morgan fingerprint density at radius 2 is 2.12 bits per heavy atom. The molecule has 0 bridgehead atoms. The number of nitrogens with zero attached hydrogens (tertiary/aromatic N) is 3. The summed E-state index contributed by atoms with van der Waals surface area (Å²) in [6.45, 7) is 6.37. The molecule has 0 aliphatic heterocycles. The molecule has 0 unspecified atom stereocenters. The van der Waals surface area contributed by atoms with E-state index in [2.05, 4.69) is 20.6 Å². The van der Waals surface area contributed by atoms with Crippen molar-refractivity contribution in [1.29, 1.82) is 0 Å². The minimum absolute atomic E-state index is 0.157. The molecule has 0 radical (unpaired) electrons. The van der Waals surface area contributed by atoms with Crippen LogP contribution in [0, 0.1) is 0 Å². The molecule has 0 spiro atoms. The summed E-state index contributed by atoms with van der Waals surface area (Å²) in [6.07, 6.45) is 9.35. The number of fused-ring (bicyclic) bond motifs is 1. The fourth-order valence-corrected chi connectivity index (χ4v) is 3.24. The van der Waals surface area contributed by atoms with Crippen LogP contribution in [-0.2, 0) is 11.3 Å². The third-order valence-electron chi connectivity index (χ3n) is 4.33. The second kappa shape index (κ2) is 7.39. The molecule has 1 saturated carbocycles. The topological polar surface area (TPSA) is 80.5 Å². The van der Waals surface area contributed by atoms with Crippen molar-refractivity contribution >= 4 is 11.9 Å². The highest BCUT2D eigenvalue weighted by Gasteiger charge is 2.25. The molecule has 1 amide bonds. The lowest BCUT2D eigenvalue weighted by molar-refractivity contribution is 0.0488. The summed E-state index contributed by atoms with van der Waals surface area (Å²) in [4.78, 5) is 20.5. The second-order valence-corrected chi connectivity index (χ2v) is 7.63. The highest BCUT2D eigenvalue weighted by molar-refractivity contribution is 5.68. The van der Waals surface area contributed by atoms with Gasteiger partial charge in [0.2, 0.25) is 5.78 Å². The van der Waals surface area contributed by atoms with Gasteiger partial charge in [0.1, 0.15) is 5.60 Å². The molecular formula is C18H27N5O2. The van der Waals surface area contributed by atoms with Crippen LogP contribution in [0.5, 0.6) is 0 Å². The van der Waals surface area contributed by atoms with Crippen LogP contribution < -0.4 is 10.6 Å². The quantitative estimate of drug-likeness (QED) is 0.890. The van der Waals surface area contributed by atoms with Crippen molar-refractivity contribution in [2.24, 2.45) is 0 Å². The lowest BCUT2D eigenvalue weighted by atomic mass is 9.91. The first-order valence-electron chi connectivity index (χ1n) is 8.90. The Labute approximate surface area is 148 Å². The minimum Gasteiger partial charge on any atom is -0.444 e. The molecule has 1 aliphatic carbocycles. The van der Waals surface area contributed by atoms with Gasteiger partial charge in [-0.1, -0.05) is 0 Å². The van der Waals surface area contributed by atoms with Crippen molar-refractivity contribution in [3.05, 3.63) is 30.4 Å². The van der Waals surface area contributed by atoms with E-state index in [9.17, 15) is 4.79 Å². The van der Waals surface area contributed by atoms with Crippen molar-refractivity contribution in [3.8, 4) is 0 Å². The van der Waals surface area contributed by atoms with Gasteiger partial charge >= 0.3 is 6.09 Å². The highest BCUT2D eigenvalue weighted by atomic mass is 16.6. The number of ether oxygens (including phenoxy) is 1. The third-order valence-corrected chi connectivity index (χ3v) is 4.33. The van der Waals surface area contributed by atoms with E-state index < -0.39 is 5.60 Å². The van der Waals surface area contributed by atoms with Crippen molar-refractivity contribution in [3.63, 3.8) is 0 Å². The zero-order valence-electron chi connectivity index (χ0n) is 15.2. The first-order valence-corrected chi connectivity index (χ1v) is 8.90. The number of imidazole rings is 1. The van der Waals surface area contributed by atoms with Crippen LogP contribution in [0.1, 0.15) is 52.1 Å². The SMILES string of the molecule is CC(C)(C)OC(=O)N[C@H]1CCC[C@@H](NCc2cnc3ncccn23)C1. The summed E-state index contributed by atoms with van der Waals surface area (Å²) in [7, 11) is 0. The summed E-state index contributed by atoms with van der Waals surface area (Å²) in [5, 5.41) is 6.59. The fraction of sp³-hybridized carbons (Fsp3) is 0.611. The van der Waals surface area contributed by atoms with Crippen molar-refractivity contribution < 1.29 is 9.53 Å². The largest absolute Gasteiger partial charge is 0.444 e. The van der Waals surface area contributed by atoms with Gasteiger partial charge in [0.25, 0.3) is 0 Å². The number of aromatic nitrogens is 3. The van der Waals surface area contributed by atoms with Gasteiger partial charge in [0.15, 0.2) is 0 Å². The van der Waals surface area contributed by atoms with Crippen LogP contribution >= 0.6 is 0 Å². The fourth-order valence-electron chi connectivity index (χ4n) is 3.24. The van der Waals surface area contributed by atoms with Gasteiger partial charge in [-0.25, -0.2) is 14.8 Å². The maximum absolute atomic E-state index is 12.0. The summed E-state index contributed by atoms with van der Waals surface area (Å²) in [5.41, 5.74) is 0.623. The van der Waals surface area contributed by atoms with E-state index in [-0.39, 0.29) is 12.1 Å². The number of carbonyl (C=O) groups is 1. The van der Waals surface area contributed by atoms with E-state index in [0.29, 0.717) is 11.8 Å². The summed E-state index contributed by atoms with van der Waals surface area (Å²) >= 11 is 0. The number of hydrogen-bond donors (Lipinski definition) is 2. The Bertz CT molecular complexity index is 722. The predicted molar refractivity (Wildman–Crippen MR) is 95.2 cm³/mol. The molecule has 1 aliphatic rings. The van der Waals surface area contributed by atoms with Gasteiger partial charge in [0.05, 0.1) is 11.9 Å². The van der Waals surface area contributed by atoms with E-state index in [0.717, 1.165) is 37.9 Å². The monoisotopic (exact) mass is 345 g/mol. The smallest absolute Gasteiger partial charge is 0.407 e. The van der Waals surface area contributed by atoms with Crippen LogP contribution in [0.3, 0.4) is 0 Å². The molecule has 7 nitrogen and oxygen atoms in total. The third kappa shape index (κ3) is 4.92. The van der Waals surface area contributed by atoms with Crippen molar-refractivity contribution in [1.82, 2.24) is 25.0 Å². The molecule has 2 aromatic heterocycles. The average molecular weight is 345 g/mol. The average Bonchev–Trinajstić information content (AvgIpc) is 2.94. The van der Waals surface area contributed by atoms with E-state index in [1.165, 1.54) is 0 Å². The Kier molecular flexibility index (Phi) is 5.22. The molecule has 2 N–H and O–H groups in total. The molecule has 1 fully saturated rings. The van der Waals surface area contributed by atoms with Crippen molar-refractivity contribution in [2.45, 2.75) is 70.7 Å². The molecule has 0 aromatic carbocycles. The lowest BCUT2D eigenvalue weighted by Gasteiger charge is -2.31. The Morgan fingerprint density at radius 3 is 2.92 bits per heavy atom. The number of alkyl carbamates (subject to hydrolysis) is 1. The van der Waals surface area contributed by atoms with Crippen LogP contribution in [0.4, 0.5) is 4.79 Å². The molecule has 136 valence electrons. The molecule has 2 atom stereocenters. The van der Waals surface area contributed by atoms with Crippen LogP contribution in [-0.4, -0.2) is 38.1 Å². The molecule has 7 heteroatoms. The van der Waals surface area contributed by atoms with E-state index >= 15 is 0 Å². The van der Waals surface area contributed by atoms with Crippen molar-refractivity contribution in [2.75, 3.05) is 0 Å². The molecule has 2 heterocycles. The number of rotatable bonds is 4. The normalized spacial score (nSPS) is 21.2. The van der Waals surface area contributed by atoms with Gasteiger partial charge in [-0.3, -0.25) is 4.40 Å². The first-order chi connectivity index (χ1) is 11.9. The molecule has 3 rings (SSSR count). The summed E-state index contributed by atoms with van der Waals surface area (Å²) < 4.78 is 7.35. The zero-order valence-corrected chi connectivity index (χ0v) is 15.2. The van der Waals surface area contributed by atoms with Gasteiger partial charge in [0, 0.05) is 31.0 Å². The zero-order chi connectivity index (χ0) is 17.9. The number of hydrogen-bond acceptors (Lipinski definition) is 5. The number of nitrogens with one attached hydrogen (secondary N) is 2. The highest BCUT2D eigenvalue weighted by Crippen LogP contribution is 2.20. The molecular weight excluding hydrogens is 318 g/mol. The van der Waals surface area contributed by atoms with Gasteiger partial charge < -0.3 is 15.4 Å². The van der Waals surface area contributed by atoms with Gasteiger partial charge in [-0.05, 0) is 52.5 Å². The van der Waals surface area contributed by atoms with Gasteiger partial charge in [-0.15, -0.1) is 0 Å². The predicted octanol–water partition coefficient (Wildman–Crippen LogP) is 2.65. The Morgan fingerprint density at radius 1 is 1.32 bits per heavy atom. The van der Waals surface area contributed by atoms with E-state index in [1.54, 1.807) is 6.20 Å². The minimum atomic E-state index is -0.465. The number of amides is 1. The summed E-state index contributed by atoms with van der Waals surface area (Å²) in [5.74, 6) is 0.715. The van der Waals surface area contributed by atoms with Gasteiger partial charge in [-0.2, -0.15) is 0 Å². The standard InChI is InChI=1S/C18H27N5O2/c1-18(2,3)25-17(24)22-14-7-4-6-13(10-14)20-11-15-12-21-16-19-8-5-9-23(15)16/h5,8-9,12-14,20H,4,6-7,10-11H2,1-3H3,(H,22,24)/t13-,14+/m1/s1. The molecule has 2 aromatic rings. The molecule has 0 saturated heterocycles. The maximum Gasteiger partial charge on any atom is 0.407 e. The van der Waals surface area contributed by atoms with E-state index in [4.69, 9.17) is 4.74 Å². The van der Waals surface area contributed by atoms with Crippen LogP contribution in [0.2, 0.25) is 0 Å². The Hall–Kier alpha value is -2.15. The lowest BCUT2D eigenvalue weighted by Crippen LogP contribution is -2.45.